The number of ether oxygens (including phenoxy) is 1. The molecule has 0 aliphatic carbocycles. The van der Waals surface area contributed by atoms with Crippen molar-refractivity contribution in [1.82, 2.24) is 14.8 Å². The monoisotopic (exact) mass is 594 g/mol. The molecule has 38 heavy (non-hydrogen) atoms. The second kappa shape index (κ2) is 15.6. The Bertz CT molecular complexity index is 1170. The van der Waals surface area contributed by atoms with Crippen LogP contribution in [0, 0.1) is 0 Å². The smallest absolute Gasteiger partial charge is 0.128 e. The van der Waals surface area contributed by atoms with Crippen LogP contribution in [0.2, 0.25) is 0 Å². The van der Waals surface area contributed by atoms with Gasteiger partial charge >= 0.3 is 0 Å². The summed E-state index contributed by atoms with van der Waals surface area (Å²) < 4.78 is 6.00. The van der Waals surface area contributed by atoms with Gasteiger partial charge in [0, 0.05) is 54.1 Å². The first kappa shape index (κ1) is 32.3. The van der Waals surface area contributed by atoms with Gasteiger partial charge in [-0.1, -0.05) is 60.3 Å². The summed E-state index contributed by atoms with van der Waals surface area (Å²) in [6.07, 6.45) is 3.01. The highest BCUT2D eigenvalue weighted by atomic mass is 35.5. The molecule has 3 aromatic rings. The number of hydrazone groups is 1. The van der Waals surface area contributed by atoms with E-state index >= 15 is 0 Å². The summed E-state index contributed by atoms with van der Waals surface area (Å²) in [6, 6.07) is 26.3. The number of nitrogens with zero attached hydrogens (tertiary/aromatic N) is 4. The van der Waals surface area contributed by atoms with E-state index in [-0.39, 0.29) is 37.2 Å². The van der Waals surface area contributed by atoms with Crippen LogP contribution in [0.25, 0.3) is 0 Å². The second-order valence-corrected chi connectivity index (χ2v) is 10.5. The number of para-hydroxylation sites is 1. The number of rotatable bonds is 7. The third-order valence-corrected chi connectivity index (χ3v) is 7.90. The number of fused-ring (bicyclic) bond motifs is 2. The molecule has 0 amide bonds. The number of hydrogen-bond acceptors (Lipinski definition) is 6. The van der Waals surface area contributed by atoms with E-state index in [0.717, 1.165) is 50.5 Å². The van der Waals surface area contributed by atoms with Gasteiger partial charge in [-0.05, 0) is 55.9 Å². The van der Waals surface area contributed by atoms with Gasteiger partial charge in [-0.2, -0.15) is 5.10 Å². The molecule has 5 rings (SSSR count). The Balaban J connectivity index is 0.00000169. The number of likely N-dealkylation sites (N-methyl/N-ethyl adjacent to an activating group) is 1. The van der Waals surface area contributed by atoms with Crippen molar-refractivity contribution in [3.05, 3.63) is 89.5 Å². The van der Waals surface area contributed by atoms with Crippen LogP contribution in [-0.4, -0.2) is 74.4 Å². The Labute approximate surface area is 249 Å². The van der Waals surface area contributed by atoms with Crippen molar-refractivity contribution in [1.29, 1.82) is 0 Å². The number of piperazine rings is 1. The van der Waals surface area contributed by atoms with E-state index in [0.29, 0.717) is 12.6 Å². The van der Waals surface area contributed by atoms with Gasteiger partial charge in [-0.25, -0.2) is 0 Å². The van der Waals surface area contributed by atoms with E-state index in [1.807, 2.05) is 36.2 Å². The Morgan fingerprint density at radius 1 is 0.868 bits per heavy atom. The van der Waals surface area contributed by atoms with Crippen LogP contribution in [0.1, 0.15) is 22.7 Å². The Kier molecular flexibility index (Phi) is 13.3. The fraction of sp³-hybridized carbons (Fsp3) is 0.345. The van der Waals surface area contributed by atoms with Crippen molar-refractivity contribution in [2.75, 3.05) is 53.4 Å². The third kappa shape index (κ3) is 8.04. The first-order valence-electron chi connectivity index (χ1n) is 12.4. The maximum atomic E-state index is 6.00. The van der Waals surface area contributed by atoms with Crippen molar-refractivity contribution < 1.29 is 4.74 Å². The Hall–Kier alpha value is -1.93. The zero-order chi connectivity index (χ0) is 24.0. The normalized spacial score (nSPS) is 16.9. The maximum Gasteiger partial charge on any atom is 0.128 e. The largest absolute Gasteiger partial charge is 0.492 e. The number of hydrogen-bond donors (Lipinski definition) is 0. The average molecular weight is 596 g/mol. The Morgan fingerprint density at radius 2 is 1.53 bits per heavy atom. The summed E-state index contributed by atoms with van der Waals surface area (Å²) >= 11 is 1.91. The molecule has 1 atom stereocenters. The molecule has 1 unspecified atom stereocenters. The molecule has 3 aromatic carbocycles. The topological polar surface area (TPSA) is 31.3 Å². The maximum absolute atomic E-state index is 6.00. The summed E-state index contributed by atoms with van der Waals surface area (Å²) in [4.78, 5) is 7.54. The number of halogens is 3. The quantitative estimate of drug-likeness (QED) is 0.300. The van der Waals surface area contributed by atoms with Crippen LogP contribution >= 0.6 is 49.0 Å². The average Bonchev–Trinajstić information content (AvgIpc) is 3.05. The highest BCUT2D eigenvalue weighted by molar-refractivity contribution is 7.99. The van der Waals surface area contributed by atoms with Gasteiger partial charge in [-0.3, -0.25) is 9.91 Å². The van der Waals surface area contributed by atoms with Gasteiger partial charge in [0.1, 0.15) is 12.4 Å². The van der Waals surface area contributed by atoms with E-state index in [2.05, 4.69) is 83.5 Å². The summed E-state index contributed by atoms with van der Waals surface area (Å²) in [6.45, 7) is 5.41. The van der Waals surface area contributed by atoms with Crippen LogP contribution in [0.4, 0.5) is 0 Å². The molecule has 206 valence electrons. The van der Waals surface area contributed by atoms with E-state index < -0.39 is 0 Å². The highest BCUT2D eigenvalue weighted by Crippen LogP contribution is 2.42. The first-order valence-corrected chi connectivity index (χ1v) is 13.2. The lowest BCUT2D eigenvalue weighted by Crippen LogP contribution is -2.46. The summed E-state index contributed by atoms with van der Waals surface area (Å²) in [5.41, 5.74) is 3.93. The van der Waals surface area contributed by atoms with Crippen LogP contribution in [0.3, 0.4) is 0 Å². The van der Waals surface area contributed by atoms with Gasteiger partial charge < -0.3 is 9.64 Å². The molecule has 1 saturated heterocycles. The summed E-state index contributed by atoms with van der Waals surface area (Å²) in [7, 11) is 4.11. The molecular formula is C29H37Cl3N4OS. The fourth-order valence-electron chi connectivity index (χ4n) is 4.72. The summed E-state index contributed by atoms with van der Waals surface area (Å²) in [5.74, 6) is 0.892. The van der Waals surface area contributed by atoms with Crippen LogP contribution < -0.4 is 4.74 Å². The SMILES string of the molecule is CN(C)CCOc1ccccc1/C=N/N1CCN(C2Cc3ccccc3Sc3ccccc32)CC1.Cl.Cl.Cl. The van der Waals surface area contributed by atoms with Crippen molar-refractivity contribution in [2.45, 2.75) is 22.3 Å². The Morgan fingerprint density at radius 3 is 2.29 bits per heavy atom. The van der Waals surface area contributed by atoms with E-state index in [1.165, 1.54) is 20.9 Å². The minimum Gasteiger partial charge on any atom is -0.492 e. The minimum atomic E-state index is 0. The molecule has 9 heteroatoms. The fourth-order valence-corrected chi connectivity index (χ4v) is 5.86. The van der Waals surface area contributed by atoms with E-state index in [4.69, 9.17) is 9.84 Å². The lowest BCUT2D eigenvalue weighted by atomic mass is 9.97. The molecule has 1 fully saturated rings. The highest BCUT2D eigenvalue weighted by Gasteiger charge is 2.29. The van der Waals surface area contributed by atoms with Gasteiger partial charge in [0.05, 0.1) is 6.21 Å². The van der Waals surface area contributed by atoms with Gasteiger partial charge in [-0.15, -0.1) is 37.2 Å². The molecule has 0 spiro atoms. The van der Waals surface area contributed by atoms with Gasteiger partial charge in [0.25, 0.3) is 0 Å². The van der Waals surface area contributed by atoms with Gasteiger partial charge in [0.15, 0.2) is 0 Å². The molecule has 0 bridgehead atoms. The standard InChI is InChI=1S/C29H34N4OS.3ClH/c1-31(2)19-20-34-27-12-6-3-10-24(27)22-30-33-17-15-32(16-18-33)26-21-23-9-4-7-13-28(23)35-29-14-8-5-11-25(26)29;;;/h3-14,22,26H,15-21H2,1-2H3;3*1H/b30-22+;;;. The number of benzene rings is 3. The zero-order valence-electron chi connectivity index (χ0n) is 21.9. The second-order valence-electron chi connectivity index (χ2n) is 9.39. The molecule has 2 aliphatic heterocycles. The zero-order valence-corrected chi connectivity index (χ0v) is 25.1. The molecule has 2 aliphatic rings. The van der Waals surface area contributed by atoms with Gasteiger partial charge in [0.2, 0.25) is 0 Å². The van der Waals surface area contributed by atoms with Crippen LogP contribution in [0.15, 0.2) is 87.7 Å². The van der Waals surface area contributed by atoms with E-state index in [1.54, 1.807) is 0 Å². The van der Waals surface area contributed by atoms with Crippen LogP contribution in [0.5, 0.6) is 5.75 Å². The van der Waals surface area contributed by atoms with Crippen molar-refractivity contribution in [2.24, 2.45) is 5.10 Å². The first-order chi connectivity index (χ1) is 17.2. The third-order valence-electron chi connectivity index (χ3n) is 6.69. The molecule has 0 aromatic heterocycles. The predicted octanol–water partition coefficient (Wildman–Crippen LogP) is 6.29. The molecular weight excluding hydrogens is 559 g/mol. The van der Waals surface area contributed by atoms with Crippen molar-refractivity contribution >= 4 is 55.2 Å². The molecule has 0 radical (unpaired) electrons. The minimum absolute atomic E-state index is 0. The van der Waals surface area contributed by atoms with Crippen LogP contribution in [-0.2, 0) is 6.42 Å². The van der Waals surface area contributed by atoms with Crippen molar-refractivity contribution in [3.63, 3.8) is 0 Å². The predicted molar refractivity (Wildman–Crippen MR) is 166 cm³/mol. The lowest BCUT2D eigenvalue weighted by Gasteiger charge is -2.38. The lowest BCUT2D eigenvalue weighted by molar-refractivity contribution is 0.0970. The summed E-state index contributed by atoms with van der Waals surface area (Å²) in [5, 5.41) is 7.02. The molecule has 2 heterocycles. The van der Waals surface area contributed by atoms with Crippen molar-refractivity contribution in [3.8, 4) is 5.75 Å². The molecule has 0 N–H and O–H groups in total. The molecule has 5 nitrogen and oxygen atoms in total. The molecule has 0 saturated carbocycles. The van der Waals surface area contributed by atoms with E-state index in [9.17, 15) is 0 Å².